The maximum atomic E-state index is 11.8. The normalized spacial score (nSPS) is 24.2. The van der Waals surface area contributed by atoms with Crippen molar-refractivity contribution < 1.29 is 19.4 Å². The van der Waals surface area contributed by atoms with Crippen LogP contribution in [0.15, 0.2) is 30.3 Å². The van der Waals surface area contributed by atoms with Gasteiger partial charge in [-0.25, -0.2) is 4.79 Å². The van der Waals surface area contributed by atoms with Gasteiger partial charge in [0.25, 0.3) is 0 Å². The fourth-order valence-electron chi connectivity index (χ4n) is 3.25. The van der Waals surface area contributed by atoms with Crippen molar-refractivity contribution in [1.29, 1.82) is 0 Å². The molecule has 0 radical (unpaired) electrons. The zero-order valence-electron chi connectivity index (χ0n) is 14.7. The lowest BCUT2D eigenvalue weighted by atomic mass is 9.69. The number of alkyl carbamates (subject to hydrolysis) is 1. The van der Waals surface area contributed by atoms with Crippen molar-refractivity contribution >= 4 is 12.1 Å². The molecule has 0 unspecified atom stereocenters. The van der Waals surface area contributed by atoms with E-state index < -0.39 is 23.1 Å². The zero-order valence-corrected chi connectivity index (χ0v) is 14.7. The number of carbonyl (C=O) groups is 2. The Balaban J connectivity index is 1.96. The molecular weight excluding hydrogens is 306 g/mol. The lowest BCUT2D eigenvalue weighted by Gasteiger charge is -2.37. The van der Waals surface area contributed by atoms with Gasteiger partial charge in [0.05, 0.1) is 5.41 Å². The topological polar surface area (TPSA) is 75.6 Å². The van der Waals surface area contributed by atoms with Crippen LogP contribution in [0.2, 0.25) is 0 Å². The van der Waals surface area contributed by atoms with Crippen molar-refractivity contribution in [2.75, 3.05) is 6.54 Å². The minimum absolute atomic E-state index is 0.110. The summed E-state index contributed by atoms with van der Waals surface area (Å²) in [4.78, 5) is 23.7. The molecule has 2 N–H and O–H groups in total. The van der Waals surface area contributed by atoms with E-state index in [9.17, 15) is 14.7 Å². The van der Waals surface area contributed by atoms with Crippen molar-refractivity contribution in [2.45, 2.75) is 58.0 Å². The number of carbonyl (C=O) groups excluding carboxylic acids is 1. The minimum Gasteiger partial charge on any atom is -0.481 e. The molecule has 0 atom stereocenters. The van der Waals surface area contributed by atoms with Crippen LogP contribution in [0.5, 0.6) is 0 Å². The number of hydrogen-bond acceptors (Lipinski definition) is 3. The van der Waals surface area contributed by atoms with Gasteiger partial charge >= 0.3 is 12.1 Å². The predicted octanol–water partition coefficient (Wildman–Crippen LogP) is 3.94. The monoisotopic (exact) mass is 333 g/mol. The summed E-state index contributed by atoms with van der Waals surface area (Å²) in [5, 5.41) is 12.3. The number of carboxylic acid groups (broad SMARTS) is 1. The minimum atomic E-state index is -0.901. The third-order valence-corrected chi connectivity index (χ3v) is 4.64. The predicted molar refractivity (Wildman–Crippen MR) is 92.0 cm³/mol. The van der Waals surface area contributed by atoms with Gasteiger partial charge in [-0.05, 0) is 57.9 Å². The van der Waals surface area contributed by atoms with Gasteiger partial charge in [-0.2, -0.15) is 0 Å². The standard InChI is InChI=1S/C19H27NO4/c1-18(2,3)24-17(23)20-13-19(16(21)22)11-9-15(10-12-19)14-7-5-4-6-8-14/h4-8,15H,9-13H2,1-3H3,(H,20,23)(H,21,22). The summed E-state index contributed by atoms with van der Waals surface area (Å²) in [5.41, 5.74) is -0.232. The molecule has 1 aliphatic carbocycles. The second-order valence-corrected chi connectivity index (χ2v) is 7.63. The molecule has 0 spiro atoms. The summed E-state index contributed by atoms with van der Waals surface area (Å²) in [6, 6.07) is 10.2. The second kappa shape index (κ2) is 7.24. The summed E-state index contributed by atoms with van der Waals surface area (Å²) in [7, 11) is 0. The molecule has 132 valence electrons. The fourth-order valence-corrected chi connectivity index (χ4v) is 3.25. The first kappa shape index (κ1) is 18.3. The number of ether oxygens (including phenoxy) is 1. The van der Waals surface area contributed by atoms with Gasteiger partial charge < -0.3 is 15.2 Å². The number of nitrogens with one attached hydrogen (secondary N) is 1. The molecule has 2 rings (SSSR count). The molecule has 1 fully saturated rings. The van der Waals surface area contributed by atoms with E-state index in [1.54, 1.807) is 20.8 Å². The van der Waals surface area contributed by atoms with Crippen molar-refractivity contribution in [3.8, 4) is 0 Å². The molecule has 0 heterocycles. The molecule has 5 heteroatoms. The maximum Gasteiger partial charge on any atom is 0.407 e. The molecule has 0 aliphatic heterocycles. The van der Waals surface area contributed by atoms with E-state index in [0.717, 1.165) is 12.8 Å². The average molecular weight is 333 g/mol. The number of amides is 1. The van der Waals surface area contributed by atoms with Gasteiger partial charge in [-0.1, -0.05) is 30.3 Å². The van der Waals surface area contributed by atoms with E-state index in [0.29, 0.717) is 18.8 Å². The van der Waals surface area contributed by atoms with Crippen LogP contribution in [0.3, 0.4) is 0 Å². The number of rotatable bonds is 4. The molecule has 0 aromatic heterocycles. The first-order valence-corrected chi connectivity index (χ1v) is 8.47. The molecule has 0 saturated heterocycles. The quantitative estimate of drug-likeness (QED) is 0.875. The lowest BCUT2D eigenvalue weighted by Crippen LogP contribution is -2.46. The molecule has 5 nitrogen and oxygen atoms in total. The van der Waals surface area contributed by atoms with Crippen LogP contribution in [0.25, 0.3) is 0 Å². The molecular formula is C19H27NO4. The van der Waals surface area contributed by atoms with Crippen LogP contribution in [-0.2, 0) is 9.53 Å². The first-order valence-electron chi connectivity index (χ1n) is 8.47. The molecule has 24 heavy (non-hydrogen) atoms. The molecule has 1 amide bonds. The van der Waals surface area contributed by atoms with E-state index >= 15 is 0 Å². The van der Waals surface area contributed by atoms with Crippen LogP contribution in [0.1, 0.15) is 57.9 Å². The highest BCUT2D eigenvalue weighted by atomic mass is 16.6. The Bertz CT molecular complexity index is 569. The molecule has 1 aromatic carbocycles. The summed E-state index contributed by atoms with van der Waals surface area (Å²) in [6.45, 7) is 5.46. The Kier molecular flexibility index (Phi) is 5.52. The third kappa shape index (κ3) is 4.73. The van der Waals surface area contributed by atoms with Crippen LogP contribution < -0.4 is 5.32 Å². The van der Waals surface area contributed by atoms with Gasteiger partial charge in [0.2, 0.25) is 0 Å². The fraction of sp³-hybridized carbons (Fsp3) is 0.579. The zero-order chi connectivity index (χ0) is 17.8. The van der Waals surface area contributed by atoms with Crippen LogP contribution in [0.4, 0.5) is 4.79 Å². The van der Waals surface area contributed by atoms with Crippen molar-refractivity contribution in [3.05, 3.63) is 35.9 Å². The van der Waals surface area contributed by atoms with E-state index in [1.807, 2.05) is 18.2 Å². The molecule has 1 aromatic rings. The Hall–Kier alpha value is -2.04. The van der Waals surface area contributed by atoms with E-state index in [-0.39, 0.29) is 6.54 Å². The highest BCUT2D eigenvalue weighted by Gasteiger charge is 2.42. The van der Waals surface area contributed by atoms with Gasteiger partial charge in [-0.3, -0.25) is 4.79 Å². The van der Waals surface area contributed by atoms with Crippen molar-refractivity contribution in [2.24, 2.45) is 5.41 Å². The molecule has 1 aliphatic rings. The Morgan fingerprint density at radius 2 is 1.79 bits per heavy atom. The highest BCUT2D eigenvalue weighted by Crippen LogP contribution is 2.43. The highest BCUT2D eigenvalue weighted by molar-refractivity contribution is 5.76. The largest absolute Gasteiger partial charge is 0.481 e. The van der Waals surface area contributed by atoms with Crippen LogP contribution >= 0.6 is 0 Å². The Labute approximate surface area is 143 Å². The van der Waals surface area contributed by atoms with Crippen LogP contribution in [0, 0.1) is 5.41 Å². The van der Waals surface area contributed by atoms with E-state index in [4.69, 9.17) is 4.74 Å². The van der Waals surface area contributed by atoms with Crippen molar-refractivity contribution in [1.82, 2.24) is 5.32 Å². The second-order valence-electron chi connectivity index (χ2n) is 7.63. The van der Waals surface area contributed by atoms with Crippen molar-refractivity contribution in [3.63, 3.8) is 0 Å². The summed E-state index contributed by atoms with van der Waals surface area (Å²) >= 11 is 0. The summed E-state index contributed by atoms with van der Waals surface area (Å²) in [6.07, 6.45) is 2.17. The number of hydrogen-bond donors (Lipinski definition) is 2. The Morgan fingerprint density at radius 1 is 1.21 bits per heavy atom. The molecule has 0 bridgehead atoms. The lowest BCUT2D eigenvalue weighted by molar-refractivity contribution is -0.150. The maximum absolute atomic E-state index is 11.8. The summed E-state index contributed by atoms with van der Waals surface area (Å²) in [5.74, 6) is -0.453. The summed E-state index contributed by atoms with van der Waals surface area (Å²) < 4.78 is 5.20. The Morgan fingerprint density at radius 3 is 2.29 bits per heavy atom. The number of carboxylic acids is 1. The first-order chi connectivity index (χ1) is 11.2. The molecule has 1 saturated carbocycles. The van der Waals surface area contributed by atoms with Gasteiger partial charge in [-0.15, -0.1) is 0 Å². The van der Waals surface area contributed by atoms with E-state index in [1.165, 1.54) is 5.56 Å². The van der Waals surface area contributed by atoms with Gasteiger partial charge in [0.15, 0.2) is 0 Å². The van der Waals surface area contributed by atoms with Crippen LogP contribution in [-0.4, -0.2) is 29.3 Å². The number of benzene rings is 1. The van der Waals surface area contributed by atoms with Gasteiger partial charge in [0, 0.05) is 6.54 Å². The SMILES string of the molecule is CC(C)(C)OC(=O)NCC1(C(=O)O)CCC(c2ccccc2)CC1. The smallest absolute Gasteiger partial charge is 0.407 e. The van der Waals surface area contributed by atoms with Gasteiger partial charge in [0.1, 0.15) is 5.60 Å². The average Bonchev–Trinajstić information content (AvgIpc) is 2.52. The van der Waals surface area contributed by atoms with E-state index in [2.05, 4.69) is 17.4 Å². The third-order valence-electron chi connectivity index (χ3n) is 4.64. The number of aliphatic carboxylic acids is 1.